The lowest BCUT2D eigenvalue weighted by atomic mass is 10.1. The van der Waals surface area contributed by atoms with Crippen LogP contribution in [0.2, 0.25) is 0 Å². The summed E-state index contributed by atoms with van der Waals surface area (Å²) in [5.41, 5.74) is 3.43. The van der Waals surface area contributed by atoms with E-state index in [2.05, 4.69) is 49.3 Å². The number of aryl methyl sites for hydroxylation is 1. The molecule has 2 aromatic carbocycles. The maximum Gasteiger partial charge on any atom is 0.271 e. The molecule has 0 aromatic heterocycles. The van der Waals surface area contributed by atoms with E-state index in [0.29, 0.717) is 0 Å². The topological polar surface area (TPSA) is 55.2 Å². The second-order valence-electron chi connectivity index (χ2n) is 5.00. The lowest BCUT2D eigenvalue weighted by Gasteiger charge is -2.16. The van der Waals surface area contributed by atoms with Crippen LogP contribution < -0.4 is 5.32 Å². The molecule has 0 saturated heterocycles. The first kappa shape index (κ1) is 14.5. The van der Waals surface area contributed by atoms with Gasteiger partial charge in [-0.15, -0.1) is 0 Å². The molecular weight excluding hydrogens is 400 g/mol. The Hall–Kier alpha value is -1.40. The molecule has 0 bridgehead atoms. The van der Waals surface area contributed by atoms with Crippen molar-refractivity contribution < 1.29 is 4.92 Å². The number of non-ortho nitro benzene ring substituents is 1. The summed E-state index contributed by atoms with van der Waals surface area (Å²) in [6.45, 7) is 0. The minimum atomic E-state index is -0.378. The molecule has 0 aliphatic heterocycles. The Kier molecular flexibility index (Phi) is 3.99. The molecular formula is C15H12Br2N2O2. The molecule has 0 radical (unpaired) electrons. The van der Waals surface area contributed by atoms with Crippen molar-refractivity contribution in [1.29, 1.82) is 0 Å². The third-order valence-corrected chi connectivity index (χ3v) is 4.86. The van der Waals surface area contributed by atoms with Crippen LogP contribution in [0.5, 0.6) is 0 Å². The van der Waals surface area contributed by atoms with Gasteiger partial charge in [0, 0.05) is 21.1 Å². The van der Waals surface area contributed by atoms with Crippen molar-refractivity contribution in [1.82, 2.24) is 0 Å². The molecule has 0 spiro atoms. The molecule has 0 saturated carbocycles. The summed E-state index contributed by atoms with van der Waals surface area (Å²) < 4.78 is 1.91. The van der Waals surface area contributed by atoms with Crippen molar-refractivity contribution in [2.45, 2.75) is 18.9 Å². The number of halogens is 2. The highest BCUT2D eigenvalue weighted by Crippen LogP contribution is 2.37. The van der Waals surface area contributed by atoms with Crippen molar-refractivity contribution in [3.8, 4) is 0 Å². The van der Waals surface area contributed by atoms with E-state index in [1.165, 1.54) is 17.2 Å². The van der Waals surface area contributed by atoms with Crippen LogP contribution in [0.3, 0.4) is 0 Å². The number of rotatable bonds is 3. The molecule has 1 N–H and O–H groups in total. The largest absolute Gasteiger partial charge is 0.377 e. The third kappa shape index (κ3) is 2.96. The number of nitro benzene ring substituents is 1. The highest BCUT2D eigenvalue weighted by molar-refractivity contribution is 9.10. The van der Waals surface area contributed by atoms with Gasteiger partial charge in [-0.25, -0.2) is 0 Å². The molecule has 1 aliphatic carbocycles. The highest BCUT2D eigenvalue weighted by Gasteiger charge is 2.23. The van der Waals surface area contributed by atoms with Gasteiger partial charge in [0.25, 0.3) is 5.69 Å². The number of anilines is 1. The Labute approximate surface area is 139 Å². The Bertz CT molecular complexity index is 719. The van der Waals surface area contributed by atoms with Crippen LogP contribution in [0, 0.1) is 10.1 Å². The fourth-order valence-electron chi connectivity index (χ4n) is 2.66. The second-order valence-corrected chi connectivity index (χ2v) is 6.77. The number of benzene rings is 2. The molecule has 0 fully saturated rings. The van der Waals surface area contributed by atoms with Gasteiger partial charge >= 0.3 is 0 Å². The molecule has 21 heavy (non-hydrogen) atoms. The van der Waals surface area contributed by atoms with Gasteiger partial charge in [0.1, 0.15) is 0 Å². The summed E-state index contributed by atoms with van der Waals surface area (Å²) in [7, 11) is 0. The predicted molar refractivity (Wildman–Crippen MR) is 89.6 cm³/mol. The van der Waals surface area contributed by atoms with Crippen LogP contribution in [-0.4, -0.2) is 4.92 Å². The Morgan fingerprint density at radius 1 is 1.19 bits per heavy atom. The first-order valence-corrected chi connectivity index (χ1v) is 8.12. The number of nitro groups is 1. The van der Waals surface area contributed by atoms with E-state index in [-0.39, 0.29) is 16.7 Å². The monoisotopic (exact) mass is 410 g/mol. The van der Waals surface area contributed by atoms with E-state index in [1.807, 2.05) is 6.07 Å². The van der Waals surface area contributed by atoms with Gasteiger partial charge < -0.3 is 5.32 Å². The minimum Gasteiger partial charge on any atom is -0.377 e. The number of hydrogen-bond donors (Lipinski definition) is 1. The number of nitrogens with one attached hydrogen (secondary N) is 1. The Morgan fingerprint density at radius 2 is 2.00 bits per heavy atom. The zero-order chi connectivity index (χ0) is 15.0. The van der Waals surface area contributed by atoms with Crippen molar-refractivity contribution in [3.05, 3.63) is 66.6 Å². The maximum atomic E-state index is 10.9. The summed E-state index contributed by atoms with van der Waals surface area (Å²) in [5.74, 6) is 0. The maximum absolute atomic E-state index is 10.9. The first-order chi connectivity index (χ1) is 10.0. The molecule has 0 heterocycles. The van der Waals surface area contributed by atoms with E-state index in [9.17, 15) is 10.1 Å². The van der Waals surface area contributed by atoms with Crippen molar-refractivity contribution >= 4 is 43.2 Å². The summed E-state index contributed by atoms with van der Waals surface area (Å²) in [6.07, 6.45) is 2.00. The summed E-state index contributed by atoms with van der Waals surface area (Å²) in [5, 5.41) is 14.3. The Morgan fingerprint density at radius 3 is 2.76 bits per heavy atom. The average molecular weight is 412 g/mol. The van der Waals surface area contributed by atoms with E-state index >= 15 is 0 Å². The summed E-state index contributed by atoms with van der Waals surface area (Å²) in [4.78, 5) is 10.5. The van der Waals surface area contributed by atoms with Crippen LogP contribution in [0.25, 0.3) is 0 Å². The van der Waals surface area contributed by atoms with Gasteiger partial charge in [-0.1, -0.05) is 22.0 Å². The van der Waals surface area contributed by atoms with Crippen LogP contribution in [-0.2, 0) is 6.42 Å². The smallest absolute Gasteiger partial charge is 0.271 e. The Balaban J connectivity index is 1.89. The van der Waals surface area contributed by atoms with Gasteiger partial charge in [0.15, 0.2) is 0 Å². The van der Waals surface area contributed by atoms with Gasteiger partial charge in [-0.3, -0.25) is 10.1 Å². The van der Waals surface area contributed by atoms with Crippen molar-refractivity contribution in [2.75, 3.05) is 5.32 Å². The fourth-order valence-corrected chi connectivity index (χ4v) is 3.43. The first-order valence-electron chi connectivity index (χ1n) is 6.53. The minimum absolute atomic E-state index is 0.0923. The van der Waals surface area contributed by atoms with Crippen molar-refractivity contribution in [2.24, 2.45) is 0 Å². The van der Waals surface area contributed by atoms with E-state index in [1.54, 1.807) is 12.1 Å². The lowest BCUT2D eigenvalue weighted by molar-refractivity contribution is -0.384. The molecule has 108 valence electrons. The second kappa shape index (κ2) is 5.77. The molecule has 1 unspecified atom stereocenters. The molecule has 1 aliphatic rings. The predicted octanol–water partition coefficient (Wildman–Crippen LogP) is 5.22. The highest BCUT2D eigenvalue weighted by atomic mass is 79.9. The standard InChI is InChI=1S/C15H12Br2N2O2/c16-10-2-4-12-9(7-10)1-6-14(12)18-15-8-11(19(20)21)3-5-13(15)17/h2-5,7-8,14,18H,1,6H2. The van der Waals surface area contributed by atoms with Gasteiger partial charge in [-0.2, -0.15) is 0 Å². The zero-order valence-corrected chi connectivity index (χ0v) is 14.1. The summed E-state index contributed by atoms with van der Waals surface area (Å²) >= 11 is 6.93. The molecule has 3 rings (SSSR count). The molecule has 1 atom stereocenters. The van der Waals surface area contributed by atoms with Gasteiger partial charge in [-0.05, 0) is 58.1 Å². The van der Waals surface area contributed by atoms with Crippen LogP contribution >= 0.6 is 31.9 Å². The number of nitrogens with zero attached hydrogens (tertiary/aromatic N) is 1. The van der Waals surface area contributed by atoms with Gasteiger partial charge in [0.05, 0.1) is 16.7 Å². The number of hydrogen-bond acceptors (Lipinski definition) is 3. The molecule has 6 heteroatoms. The van der Waals surface area contributed by atoms with Crippen LogP contribution in [0.1, 0.15) is 23.6 Å². The average Bonchev–Trinajstić information content (AvgIpc) is 2.83. The SMILES string of the molecule is O=[N+]([O-])c1ccc(Br)c(NC2CCc3cc(Br)ccc32)c1. The van der Waals surface area contributed by atoms with E-state index < -0.39 is 0 Å². The number of fused-ring (bicyclic) bond motifs is 1. The normalized spacial score (nSPS) is 16.6. The van der Waals surface area contributed by atoms with Crippen LogP contribution in [0.4, 0.5) is 11.4 Å². The van der Waals surface area contributed by atoms with E-state index in [0.717, 1.165) is 27.5 Å². The van der Waals surface area contributed by atoms with Gasteiger partial charge in [0.2, 0.25) is 0 Å². The van der Waals surface area contributed by atoms with E-state index in [4.69, 9.17) is 0 Å². The third-order valence-electron chi connectivity index (χ3n) is 3.67. The molecule has 0 amide bonds. The fraction of sp³-hybridized carbons (Fsp3) is 0.200. The lowest BCUT2D eigenvalue weighted by Crippen LogP contribution is -2.07. The van der Waals surface area contributed by atoms with Crippen molar-refractivity contribution in [3.63, 3.8) is 0 Å². The molecule has 2 aromatic rings. The quantitative estimate of drug-likeness (QED) is 0.556. The van der Waals surface area contributed by atoms with Crippen LogP contribution in [0.15, 0.2) is 45.3 Å². The summed E-state index contributed by atoms with van der Waals surface area (Å²) in [6, 6.07) is 11.2. The zero-order valence-electron chi connectivity index (χ0n) is 11.0. The molecule has 4 nitrogen and oxygen atoms in total.